The first-order valence-electron chi connectivity index (χ1n) is 9.79. The first kappa shape index (κ1) is 25.7. The summed E-state index contributed by atoms with van der Waals surface area (Å²) in [6, 6.07) is 6.91. The molecule has 1 heterocycles. The number of aromatic nitrogens is 2. The van der Waals surface area contributed by atoms with Gasteiger partial charge in [0.15, 0.2) is 0 Å². The summed E-state index contributed by atoms with van der Waals surface area (Å²) in [5.41, 5.74) is -5.43. The predicted octanol–water partition coefficient (Wildman–Crippen LogP) is 6.98. The third-order valence-electron chi connectivity index (χ3n) is 4.98. The number of ether oxygens (including phenoxy) is 2. The number of hydrogen-bond acceptors (Lipinski definition) is 3. The van der Waals surface area contributed by atoms with Crippen LogP contribution in [0.2, 0.25) is 0 Å². The van der Waals surface area contributed by atoms with Gasteiger partial charge in [0.1, 0.15) is 11.6 Å². The minimum Gasteiger partial charge on any atom is -0.406 e. The van der Waals surface area contributed by atoms with Crippen molar-refractivity contribution in [2.75, 3.05) is 6.61 Å². The van der Waals surface area contributed by atoms with Gasteiger partial charge in [-0.1, -0.05) is 6.07 Å². The fraction of sp³-hybridized carbons (Fsp3) is 0.381. The van der Waals surface area contributed by atoms with Gasteiger partial charge < -0.3 is 14.0 Å². The van der Waals surface area contributed by atoms with E-state index < -0.39 is 42.2 Å². The van der Waals surface area contributed by atoms with Gasteiger partial charge in [-0.05, 0) is 50.2 Å². The quantitative estimate of drug-likeness (QED) is 0.343. The molecule has 0 radical (unpaired) electrons. The van der Waals surface area contributed by atoms with E-state index >= 15 is 0 Å². The molecule has 34 heavy (non-hydrogen) atoms. The molecular formula is C21H17F9N2O2. The molecule has 0 N–H and O–H groups in total. The topological polar surface area (TPSA) is 36.3 Å². The number of fused-ring (bicyclic) bond motifs is 1. The van der Waals surface area contributed by atoms with Crippen LogP contribution in [0.5, 0.6) is 5.75 Å². The van der Waals surface area contributed by atoms with Crippen LogP contribution in [0.1, 0.15) is 19.4 Å². The van der Waals surface area contributed by atoms with Crippen LogP contribution in [-0.2, 0) is 16.9 Å². The minimum atomic E-state index is -5.82. The molecule has 0 aliphatic rings. The first-order valence-corrected chi connectivity index (χ1v) is 9.79. The van der Waals surface area contributed by atoms with E-state index in [9.17, 15) is 39.5 Å². The van der Waals surface area contributed by atoms with Crippen molar-refractivity contribution in [2.45, 2.75) is 44.7 Å². The van der Waals surface area contributed by atoms with Crippen molar-refractivity contribution >= 4 is 11.0 Å². The lowest BCUT2D eigenvalue weighted by molar-refractivity contribution is -0.388. The standard InChI is InChI=1S/C21H17F9N2O2/c1-3-32-16-10-7-13(18(33-4-2,19(22,23)24)20(25,26)27)11-15(16)31-17(32)12-5-8-14(9-6-12)34-21(28,29)30/h5-11H,3-4H2,1-2H3. The molecule has 0 atom stereocenters. The minimum absolute atomic E-state index is 0.134. The third-order valence-corrected chi connectivity index (χ3v) is 4.98. The molecule has 0 bridgehead atoms. The molecular weight excluding hydrogens is 483 g/mol. The second-order valence-corrected chi connectivity index (χ2v) is 7.07. The highest BCUT2D eigenvalue weighted by Crippen LogP contribution is 2.53. The summed E-state index contributed by atoms with van der Waals surface area (Å²) in [5, 5.41) is 0. The molecule has 0 spiro atoms. The Morgan fingerprint density at radius 2 is 1.41 bits per heavy atom. The Balaban J connectivity index is 2.16. The number of nitrogens with zero attached hydrogens (tertiary/aromatic N) is 2. The van der Waals surface area contributed by atoms with Crippen LogP contribution in [0.4, 0.5) is 39.5 Å². The molecule has 1 aromatic heterocycles. The molecule has 0 fully saturated rings. The van der Waals surface area contributed by atoms with E-state index in [1.165, 1.54) is 16.7 Å². The molecule has 0 aliphatic carbocycles. The van der Waals surface area contributed by atoms with Crippen LogP contribution in [0.3, 0.4) is 0 Å². The zero-order chi connectivity index (χ0) is 25.5. The van der Waals surface area contributed by atoms with Gasteiger partial charge in [-0.15, -0.1) is 13.2 Å². The summed E-state index contributed by atoms with van der Waals surface area (Å²) in [5.74, 6) is -0.371. The van der Waals surface area contributed by atoms with Gasteiger partial charge in [-0.3, -0.25) is 0 Å². The van der Waals surface area contributed by atoms with Crippen LogP contribution in [0.15, 0.2) is 42.5 Å². The highest BCUT2D eigenvalue weighted by Gasteiger charge is 2.73. The van der Waals surface area contributed by atoms with Gasteiger partial charge in [-0.25, -0.2) is 4.98 Å². The molecule has 186 valence electrons. The largest absolute Gasteiger partial charge is 0.573 e. The van der Waals surface area contributed by atoms with Crippen LogP contribution in [0, 0.1) is 0 Å². The predicted molar refractivity (Wildman–Crippen MR) is 103 cm³/mol. The third kappa shape index (κ3) is 4.52. The van der Waals surface area contributed by atoms with Crippen LogP contribution in [-0.4, -0.2) is 34.9 Å². The van der Waals surface area contributed by atoms with E-state index in [0.717, 1.165) is 25.1 Å². The van der Waals surface area contributed by atoms with E-state index in [4.69, 9.17) is 0 Å². The fourth-order valence-electron chi connectivity index (χ4n) is 3.65. The molecule has 0 amide bonds. The highest BCUT2D eigenvalue weighted by atomic mass is 19.4. The molecule has 13 heteroatoms. The normalized spacial score (nSPS) is 13.5. The molecule has 3 aromatic rings. The molecule has 4 nitrogen and oxygen atoms in total. The maximum Gasteiger partial charge on any atom is 0.573 e. The van der Waals surface area contributed by atoms with Gasteiger partial charge in [0.25, 0.3) is 5.60 Å². The van der Waals surface area contributed by atoms with Crippen LogP contribution >= 0.6 is 0 Å². The average Bonchev–Trinajstić information content (AvgIpc) is 3.07. The number of alkyl halides is 9. The molecule has 2 aromatic carbocycles. The van der Waals surface area contributed by atoms with Gasteiger partial charge in [0.05, 0.1) is 11.0 Å². The number of aryl methyl sites for hydroxylation is 1. The number of benzene rings is 2. The van der Waals surface area contributed by atoms with Gasteiger partial charge in [0.2, 0.25) is 0 Å². The van der Waals surface area contributed by atoms with Crippen molar-refractivity contribution in [3.8, 4) is 17.1 Å². The Morgan fingerprint density at radius 3 is 1.88 bits per heavy atom. The van der Waals surface area contributed by atoms with Gasteiger partial charge >= 0.3 is 18.7 Å². The fourth-order valence-corrected chi connectivity index (χ4v) is 3.65. The maximum absolute atomic E-state index is 13.8. The summed E-state index contributed by atoms with van der Waals surface area (Å²) < 4.78 is 129. The lowest BCUT2D eigenvalue weighted by Gasteiger charge is -2.37. The van der Waals surface area contributed by atoms with Crippen LogP contribution < -0.4 is 4.74 Å². The number of imidazole rings is 1. The molecule has 0 saturated heterocycles. The van der Waals surface area contributed by atoms with Crippen LogP contribution in [0.25, 0.3) is 22.4 Å². The van der Waals surface area contributed by atoms with Crippen molar-refractivity contribution in [1.82, 2.24) is 9.55 Å². The van der Waals surface area contributed by atoms with Gasteiger partial charge in [0, 0.05) is 24.3 Å². The summed E-state index contributed by atoms with van der Waals surface area (Å²) in [4.78, 5) is 4.17. The lowest BCUT2D eigenvalue weighted by atomic mass is 9.91. The van der Waals surface area contributed by atoms with E-state index in [1.54, 1.807) is 6.92 Å². The first-order chi connectivity index (χ1) is 15.6. The smallest absolute Gasteiger partial charge is 0.406 e. The van der Waals surface area contributed by atoms with Crippen molar-refractivity contribution in [2.24, 2.45) is 0 Å². The Kier molecular flexibility index (Phi) is 6.55. The highest BCUT2D eigenvalue weighted by molar-refractivity contribution is 5.81. The number of halogens is 9. The summed E-state index contributed by atoms with van der Waals surface area (Å²) in [6.07, 6.45) is -16.5. The van der Waals surface area contributed by atoms with Gasteiger partial charge in [-0.2, -0.15) is 26.3 Å². The van der Waals surface area contributed by atoms with E-state index in [0.29, 0.717) is 12.1 Å². The van der Waals surface area contributed by atoms with Crippen molar-refractivity contribution in [1.29, 1.82) is 0 Å². The zero-order valence-electron chi connectivity index (χ0n) is 17.6. The summed E-state index contributed by atoms with van der Waals surface area (Å²) >= 11 is 0. The molecule has 0 saturated carbocycles. The summed E-state index contributed by atoms with van der Waals surface area (Å²) in [7, 11) is 0. The Hall–Kier alpha value is -2.96. The molecule has 0 unspecified atom stereocenters. The second kappa shape index (κ2) is 8.67. The van der Waals surface area contributed by atoms with E-state index in [2.05, 4.69) is 14.5 Å². The molecule has 3 rings (SSSR count). The van der Waals surface area contributed by atoms with Crippen molar-refractivity contribution in [3.05, 3.63) is 48.0 Å². The zero-order valence-corrected chi connectivity index (χ0v) is 17.6. The maximum atomic E-state index is 13.8. The Morgan fingerprint density at radius 1 is 0.824 bits per heavy atom. The SMILES string of the molecule is CCOC(c1ccc2c(c1)nc(-c1ccc(OC(F)(F)F)cc1)n2CC)(C(F)(F)F)C(F)(F)F. The average molecular weight is 500 g/mol. The number of hydrogen-bond donors (Lipinski definition) is 0. The summed E-state index contributed by atoms with van der Waals surface area (Å²) in [6.45, 7) is 2.04. The number of rotatable bonds is 6. The van der Waals surface area contributed by atoms with Crippen molar-refractivity contribution in [3.63, 3.8) is 0 Å². The second-order valence-electron chi connectivity index (χ2n) is 7.07. The van der Waals surface area contributed by atoms with Crippen molar-refractivity contribution < 1.29 is 49.0 Å². The lowest BCUT2D eigenvalue weighted by Crippen LogP contribution is -2.56. The molecule has 0 aliphatic heterocycles. The Labute approximate surface area is 186 Å². The van der Waals surface area contributed by atoms with E-state index in [1.807, 2.05) is 0 Å². The van der Waals surface area contributed by atoms with E-state index in [-0.39, 0.29) is 29.0 Å². The Bertz CT molecular complexity index is 1130. The monoisotopic (exact) mass is 500 g/mol.